The first-order chi connectivity index (χ1) is 12.1. The monoisotopic (exact) mass is 342 g/mol. The van der Waals surface area contributed by atoms with Crippen LogP contribution in [-0.2, 0) is 9.59 Å². The predicted molar refractivity (Wildman–Crippen MR) is 95.9 cm³/mol. The summed E-state index contributed by atoms with van der Waals surface area (Å²) in [7, 11) is 0. The average molecular weight is 342 g/mol. The number of fused-ring (bicyclic) bond motifs is 1. The summed E-state index contributed by atoms with van der Waals surface area (Å²) in [6.45, 7) is 1.51. The van der Waals surface area contributed by atoms with E-state index in [9.17, 15) is 9.59 Å². The molecule has 1 aliphatic heterocycles. The molecule has 2 heterocycles. The summed E-state index contributed by atoms with van der Waals surface area (Å²) < 4.78 is 0. The molecule has 1 unspecified atom stereocenters. The fraction of sp³-hybridized carbons (Fsp3) is 0.632. The number of nitrogens with two attached hydrogens (primary N) is 1. The van der Waals surface area contributed by atoms with Gasteiger partial charge in [0.15, 0.2) is 0 Å². The lowest BCUT2D eigenvalue weighted by atomic mass is 9.97. The van der Waals surface area contributed by atoms with Gasteiger partial charge in [-0.05, 0) is 49.7 Å². The minimum atomic E-state index is -0.237. The van der Waals surface area contributed by atoms with Crippen LogP contribution in [0.15, 0.2) is 18.3 Å². The molecule has 134 valence electrons. The highest BCUT2D eigenvalue weighted by Crippen LogP contribution is 2.55. The summed E-state index contributed by atoms with van der Waals surface area (Å²) in [4.78, 5) is 30.4. The van der Waals surface area contributed by atoms with Gasteiger partial charge in [0.05, 0.1) is 17.8 Å². The van der Waals surface area contributed by atoms with Crippen molar-refractivity contribution in [2.75, 3.05) is 23.3 Å². The molecule has 0 radical (unpaired) electrons. The fourth-order valence-corrected chi connectivity index (χ4v) is 4.67. The van der Waals surface area contributed by atoms with Gasteiger partial charge in [-0.15, -0.1) is 0 Å². The lowest BCUT2D eigenvalue weighted by molar-refractivity contribution is -0.122. The van der Waals surface area contributed by atoms with Crippen LogP contribution < -0.4 is 16.0 Å². The molecule has 3 aliphatic rings. The van der Waals surface area contributed by atoms with Crippen LogP contribution in [0.4, 0.5) is 11.5 Å². The van der Waals surface area contributed by atoms with Gasteiger partial charge in [0.25, 0.3) is 0 Å². The lowest BCUT2D eigenvalue weighted by Crippen LogP contribution is -2.41. The second-order valence-electron chi connectivity index (χ2n) is 7.72. The van der Waals surface area contributed by atoms with Crippen LogP contribution in [0, 0.1) is 23.7 Å². The summed E-state index contributed by atoms with van der Waals surface area (Å²) in [6, 6.07) is 3.82. The topological polar surface area (TPSA) is 88.3 Å². The van der Waals surface area contributed by atoms with Gasteiger partial charge >= 0.3 is 0 Å². The third-order valence-corrected chi connectivity index (χ3v) is 6.12. The molecule has 1 aromatic rings. The maximum Gasteiger partial charge on any atom is 0.228 e. The van der Waals surface area contributed by atoms with Crippen LogP contribution in [0.25, 0.3) is 0 Å². The van der Waals surface area contributed by atoms with Crippen LogP contribution in [0.3, 0.4) is 0 Å². The molecule has 2 saturated carbocycles. The van der Waals surface area contributed by atoms with Crippen LogP contribution in [-0.4, -0.2) is 29.9 Å². The lowest BCUT2D eigenvalue weighted by Gasteiger charge is -2.32. The van der Waals surface area contributed by atoms with E-state index in [1.165, 1.54) is 25.7 Å². The first-order valence-electron chi connectivity index (χ1n) is 9.44. The van der Waals surface area contributed by atoms with Gasteiger partial charge in [-0.3, -0.25) is 9.59 Å². The van der Waals surface area contributed by atoms with Crippen molar-refractivity contribution in [1.82, 2.24) is 4.98 Å². The Labute approximate surface area is 148 Å². The molecule has 0 spiro atoms. The quantitative estimate of drug-likeness (QED) is 0.877. The number of pyridine rings is 1. The summed E-state index contributed by atoms with van der Waals surface area (Å²) >= 11 is 0. The standard InChI is InChI=1S/C19H26N4O2/c20-18(24)12-4-3-9-23(11-12)16-8-7-13(10-21-16)22-19(25)17-14-5-1-2-6-15(14)17/h7-8,10,12,14-15,17H,1-6,9,11H2,(H2,20,24)(H,22,25)/t12-,14-,15+,17?/m1/s1. The number of hydrogen-bond acceptors (Lipinski definition) is 4. The van der Waals surface area contributed by atoms with E-state index >= 15 is 0 Å². The number of carbonyl (C=O) groups excluding carboxylic acids is 2. The van der Waals surface area contributed by atoms with Crippen molar-refractivity contribution in [2.45, 2.75) is 38.5 Å². The van der Waals surface area contributed by atoms with Crippen LogP contribution in [0.1, 0.15) is 38.5 Å². The van der Waals surface area contributed by atoms with Crippen LogP contribution >= 0.6 is 0 Å². The Morgan fingerprint density at radius 3 is 2.52 bits per heavy atom. The number of hydrogen-bond donors (Lipinski definition) is 2. The maximum atomic E-state index is 12.4. The molecule has 3 N–H and O–H groups in total. The highest BCUT2D eigenvalue weighted by molar-refractivity contribution is 5.94. The second-order valence-corrected chi connectivity index (χ2v) is 7.72. The van der Waals surface area contributed by atoms with E-state index in [4.69, 9.17) is 5.73 Å². The Bertz CT molecular complexity index is 648. The normalized spacial score (nSPS) is 31.1. The Balaban J connectivity index is 1.35. The molecule has 0 aromatic carbocycles. The van der Waals surface area contributed by atoms with E-state index in [-0.39, 0.29) is 23.7 Å². The van der Waals surface area contributed by atoms with Crippen molar-refractivity contribution in [3.63, 3.8) is 0 Å². The van der Waals surface area contributed by atoms with E-state index in [2.05, 4.69) is 15.2 Å². The first kappa shape index (κ1) is 16.4. The number of nitrogens with zero attached hydrogens (tertiary/aromatic N) is 2. The number of piperidine rings is 1. The van der Waals surface area contributed by atoms with Crippen LogP contribution in [0.2, 0.25) is 0 Å². The van der Waals surface area contributed by atoms with Gasteiger partial charge in [-0.2, -0.15) is 0 Å². The second kappa shape index (κ2) is 6.65. The SMILES string of the molecule is NC(=O)[C@@H]1CCCN(c2ccc(NC(=O)C3[C@H]4CCCC[C@@H]34)cn2)C1. The molecular weight excluding hydrogens is 316 g/mol. The Hall–Kier alpha value is -2.11. The van der Waals surface area contributed by atoms with Gasteiger partial charge in [0.2, 0.25) is 11.8 Å². The zero-order valence-corrected chi connectivity index (χ0v) is 14.5. The highest BCUT2D eigenvalue weighted by atomic mass is 16.2. The molecule has 4 rings (SSSR count). The molecule has 6 heteroatoms. The molecule has 1 saturated heterocycles. The zero-order valence-electron chi connectivity index (χ0n) is 14.5. The third-order valence-electron chi connectivity index (χ3n) is 6.12. The number of anilines is 2. The van der Waals surface area contributed by atoms with Gasteiger partial charge < -0.3 is 16.0 Å². The predicted octanol–water partition coefficient (Wildman–Crippen LogP) is 2.16. The number of aromatic nitrogens is 1. The average Bonchev–Trinajstić information content (AvgIpc) is 3.37. The number of carbonyl (C=O) groups is 2. The van der Waals surface area contributed by atoms with Crippen molar-refractivity contribution in [1.29, 1.82) is 0 Å². The van der Waals surface area contributed by atoms with Gasteiger partial charge in [0, 0.05) is 19.0 Å². The minimum Gasteiger partial charge on any atom is -0.369 e. The molecule has 2 amide bonds. The number of nitrogens with one attached hydrogen (secondary N) is 1. The molecule has 2 aliphatic carbocycles. The van der Waals surface area contributed by atoms with Crippen LogP contribution in [0.5, 0.6) is 0 Å². The van der Waals surface area contributed by atoms with Crippen molar-refractivity contribution in [2.24, 2.45) is 29.4 Å². The van der Waals surface area contributed by atoms with Gasteiger partial charge in [0.1, 0.15) is 5.82 Å². The zero-order chi connectivity index (χ0) is 17.4. The molecule has 6 nitrogen and oxygen atoms in total. The summed E-state index contributed by atoms with van der Waals surface area (Å²) in [5.41, 5.74) is 6.19. The number of rotatable bonds is 4. The van der Waals surface area contributed by atoms with Gasteiger partial charge in [-0.25, -0.2) is 4.98 Å². The Kier molecular flexibility index (Phi) is 4.36. The molecule has 4 atom stereocenters. The maximum absolute atomic E-state index is 12.4. The molecule has 3 fully saturated rings. The van der Waals surface area contributed by atoms with Crippen molar-refractivity contribution in [3.05, 3.63) is 18.3 Å². The molecule has 1 aromatic heterocycles. The molecule has 25 heavy (non-hydrogen) atoms. The minimum absolute atomic E-state index is 0.104. The molecular formula is C19H26N4O2. The van der Waals surface area contributed by atoms with E-state index in [0.717, 1.165) is 30.9 Å². The van der Waals surface area contributed by atoms with Crippen molar-refractivity contribution >= 4 is 23.3 Å². The van der Waals surface area contributed by atoms with E-state index in [1.54, 1.807) is 6.20 Å². The van der Waals surface area contributed by atoms with Gasteiger partial charge in [-0.1, -0.05) is 12.8 Å². The smallest absolute Gasteiger partial charge is 0.228 e. The Morgan fingerprint density at radius 1 is 1.12 bits per heavy atom. The summed E-state index contributed by atoms with van der Waals surface area (Å²) in [5, 5.41) is 3.02. The van der Waals surface area contributed by atoms with Crippen molar-refractivity contribution in [3.8, 4) is 0 Å². The number of primary amides is 1. The van der Waals surface area contributed by atoms with E-state index < -0.39 is 0 Å². The number of amides is 2. The van der Waals surface area contributed by atoms with E-state index in [0.29, 0.717) is 18.4 Å². The molecule has 0 bridgehead atoms. The van der Waals surface area contributed by atoms with Crippen molar-refractivity contribution < 1.29 is 9.59 Å². The Morgan fingerprint density at radius 2 is 1.88 bits per heavy atom. The summed E-state index contributed by atoms with van der Waals surface area (Å²) in [6.07, 6.45) is 8.45. The highest BCUT2D eigenvalue weighted by Gasteiger charge is 2.54. The third kappa shape index (κ3) is 3.34. The van der Waals surface area contributed by atoms with E-state index in [1.807, 2.05) is 12.1 Å². The largest absolute Gasteiger partial charge is 0.369 e. The summed E-state index contributed by atoms with van der Waals surface area (Å²) in [5.74, 6) is 2.08. The fourth-order valence-electron chi connectivity index (χ4n) is 4.67. The first-order valence-corrected chi connectivity index (χ1v) is 9.44.